The van der Waals surface area contributed by atoms with Crippen molar-refractivity contribution in [3.05, 3.63) is 22.8 Å². The van der Waals surface area contributed by atoms with Crippen molar-refractivity contribution in [2.45, 2.75) is 27.2 Å². The minimum atomic E-state index is -0.0619. The van der Waals surface area contributed by atoms with E-state index in [4.69, 9.17) is 11.6 Å². The van der Waals surface area contributed by atoms with Crippen LogP contribution in [0.1, 0.15) is 37.7 Å². The molecule has 0 aliphatic carbocycles. The number of hydrogen-bond acceptors (Lipinski definition) is 3. The lowest BCUT2D eigenvalue weighted by Gasteiger charge is -2.34. The predicted octanol–water partition coefficient (Wildman–Crippen LogP) is 3.28. The van der Waals surface area contributed by atoms with Crippen molar-refractivity contribution in [2.75, 3.05) is 25.0 Å². The van der Waals surface area contributed by atoms with Crippen LogP contribution in [0.5, 0.6) is 0 Å². The molecule has 0 bridgehead atoms. The van der Waals surface area contributed by atoms with Gasteiger partial charge in [0, 0.05) is 19.6 Å². The molecule has 0 radical (unpaired) electrons. The summed E-state index contributed by atoms with van der Waals surface area (Å²) in [5.41, 5.74) is 0.353. The number of halogens is 1. The summed E-state index contributed by atoms with van der Waals surface area (Å²) >= 11 is 6.15. The van der Waals surface area contributed by atoms with Crippen molar-refractivity contribution in [3.8, 4) is 0 Å². The number of anilines is 1. The number of rotatable bonds is 3. The van der Waals surface area contributed by atoms with E-state index in [0.29, 0.717) is 28.4 Å². The summed E-state index contributed by atoms with van der Waals surface area (Å²) in [7, 11) is 0. The van der Waals surface area contributed by atoms with Crippen molar-refractivity contribution in [1.29, 1.82) is 0 Å². The number of nitrogens with zero attached hydrogens (tertiary/aromatic N) is 2. The molecular weight excluding hydrogens is 274 g/mol. The van der Waals surface area contributed by atoms with E-state index in [0.717, 1.165) is 19.6 Å². The van der Waals surface area contributed by atoms with Crippen LogP contribution in [0.15, 0.2) is 12.1 Å². The molecule has 1 aliphatic rings. The summed E-state index contributed by atoms with van der Waals surface area (Å²) < 4.78 is 0. The second-order valence-electron chi connectivity index (χ2n) is 5.71. The molecule has 2 unspecified atom stereocenters. The Morgan fingerprint density at radius 1 is 1.40 bits per heavy atom. The highest BCUT2D eigenvalue weighted by atomic mass is 35.5. The first kappa shape index (κ1) is 15.1. The molecule has 110 valence electrons. The number of likely N-dealkylation sites (tertiary alicyclic amines) is 1. The number of hydrogen-bond donors (Lipinski definition) is 1. The van der Waals surface area contributed by atoms with E-state index in [1.807, 2.05) is 11.8 Å². The lowest BCUT2D eigenvalue weighted by Crippen LogP contribution is -2.43. The average Bonchev–Trinajstić information content (AvgIpc) is 2.39. The Kier molecular flexibility index (Phi) is 4.86. The van der Waals surface area contributed by atoms with Crippen LogP contribution in [0, 0.1) is 11.8 Å². The number of amides is 1. The molecular formula is C15H22ClN3O. The number of pyridine rings is 1. The molecule has 2 atom stereocenters. The predicted molar refractivity (Wildman–Crippen MR) is 82.3 cm³/mol. The number of nitrogens with one attached hydrogen (secondary N) is 1. The molecule has 0 spiro atoms. The fourth-order valence-electron chi connectivity index (χ4n) is 2.85. The molecule has 1 saturated heterocycles. The second-order valence-corrected chi connectivity index (χ2v) is 6.12. The highest BCUT2D eigenvalue weighted by Crippen LogP contribution is 2.24. The van der Waals surface area contributed by atoms with Gasteiger partial charge in [-0.15, -0.1) is 0 Å². The zero-order chi connectivity index (χ0) is 14.7. The van der Waals surface area contributed by atoms with Gasteiger partial charge in [-0.3, -0.25) is 4.79 Å². The minimum Gasteiger partial charge on any atom is -0.370 e. The lowest BCUT2D eigenvalue weighted by atomic mass is 9.92. The Labute approximate surface area is 125 Å². The van der Waals surface area contributed by atoms with Crippen molar-refractivity contribution in [1.82, 2.24) is 9.88 Å². The summed E-state index contributed by atoms with van der Waals surface area (Å²) in [5.74, 6) is 1.68. The molecule has 0 aromatic carbocycles. The number of carbonyl (C=O) groups excluding carboxylic acids is 1. The smallest absolute Gasteiger partial charge is 0.274 e. The van der Waals surface area contributed by atoms with Crippen LogP contribution in [-0.2, 0) is 0 Å². The topological polar surface area (TPSA) is 45.2 Å². The van der Waals surface area contributed by atoms with E-state index in [1.165, 1.54) is 6.42 Å². The first-order valence-electron chi connectivity index (χ1n) is 7.21. The van der Waals surface area contributed by atoms with Gasteiger partial charge in [0.2, 0.25) is 0 Å². The van der Waals surface area contributed by atoms with Crippen LogP contribution >= 0.6 is 11.6 Å². The molecule has 2 rings (SSSR count). The standard InChI is InChI=1S/C15H22ClN3O/c1-4-17-13-6-5-12(16)14(18-13)15(20)19-8-10(2)7-11(3)9-19/h5-6,10-11H,4,7-9H2,1-3H3,(H,17,18). The minimum absolute atomic E-state index is 0.0619. The van der Waals surface area contributed by atoms with Crippen LogP contribution < -0.4 is 5.32 Å². The van der Waals surface area contributed by atoms with Gasteiger partial charge < -0.3 is 10.2 Å². The zero-order valence-corrected chi connectivity index (χ0v) is 13.1. The molecule has 1 fully saturated rings. The summed E-state index contributed by atoms with van der Waals surface area (Å²) in [6, 6.07) is 3.53. The molecule has 20 heavy (non-hydrogen) atoms. The van der Waals surface area contributed by atoms with E-state index >= 15 is 0 Å². The Balaban J connectivity index is 2.21. The first-order valence-corrected chi connectivity index (χ1v) is 7.58. The van der Waals surface area contributed by atoms with E-state index in [1.54, 1.807) is 12.1 Å². The van der Waals surface area contributed by atoms with Gasteiger partial charge in [0.15, 0.2) is 0 Å². The molecule has 1 aromatic rings. The van der Waals surface area contributed by atoms with Gasteiger partial charge in [-0.2, -0.15) is 0 Å². The maximum Gasteiger partial charge on any atom is 0.274 e. The lowest BCUT2D eigenvalue weighted by molar-refractivity contribution is 0.0617. The first-order chi connectivity index (χ1) is 9.51. The average molecular weight is 296 g/mol. The van der Waals surface area contributed by atoms with Gasteiger partial charge >= 0.3 is 0 Å². The van der Waals surface area contributed by atoms with Gasteiger partial charge in [0.1, 0.15) is 11.5 Å². The molecule has 1 amide bonds. The fraction of sp³-hybridized carbons (Fsp3) is 0.600. The van der Waals surface area contributed by atoms with E-state index in [2.05, 4.69) is 24.1 Å². The van der Waals surface area contributed by atoms with Gasteiger partial charge in [0.25, 0.3) is 5.91 Å². The van der Waals surface area contributed by atoms with Gasteiger partial charge in [-0.05, 0) is 37.3 Å². The maximum absolute atomic E-state index is 12.6. The molecule has 1 aliphatic heterocycles. The molecule has 5 heteroatoms. The molecule has 4 nitrogen and oxygen atoms in total. The summed E-state index contributed by atoms with van der Waals surface area (Å²) in [6.45, 7) is 8.69. The molecule has 1 N–H and O–H groups in total. The largest absolute Gasteiger partial charge is 0.370 e. The highest BCUT2D eigenvalue weighted by molar-refractivity contribution is 6.33. The van der Waals surface area contributed by atoms with E-state index in [9.17, 15) is 4.79 Å². The molecule has 2 heterocycles. The third-order valence-electron chi connectivity index (χ3n) is 3.56. The van der Waals surface area contributed by atoms with Crippen LogP contribution in [0.3, 0.4) is 0 Å². The highest BCUT2D eigenvalue weighted by Gasteiger charge is 2.28. The normalized spacial score (nSPS) is 22.7. The molecule has 1 aromatic heterocycles. The van der Waals surface area contributed by atoms with Crippen molar-refractivity contribution < 1.29 is 4.79 Å². The number of carbonyl (C=O) groups is 1. The Morgan fingerprint density at radius 2 is 2.05 bits per heavy atom. The van der Waals surface area contributed by atoms with Crippen molar-refractivity contribution >= 4 is 23.3 Å². The Morgan fingerprint density at radius 3 is 2.65 bits per heavy atom. The summed E-state index contributed by atoms with van der Waals surface area (Å²) in [5, 5.41) is 3.53. The zero-order valence-electron chi connectivity index (χ0n) is 12.3. The van der Waals surface area contributed by atoms with Crippen LogP contribution in [0.25, 0.3) is 0 Å². The van der Waals surface area contributed by atoms with Crippen LogP contribution in [0.2, 0.25) is 5.02 Å². The number of piperidine rings is 1. The van der Waals surface area contributed by atoms with Gasteiger partial charge in [-0.25, -0.2) is 4.98 Å². The maximum atomic E-state index is 12.6. The fourth-order valence-corrected chi connectivity index (χ4v) is 3.04. The monoisotopic (exact) mass is 295 g/mol. The summed E-state index contributed by atoms with van der Waals surface area (Å²) in [4.78, 5) is 18.9. The van der Waals surface area contributed by atoms with Crippen molar-refractivity contribution in [3.63, 3.8) is 0 Å². The van der Waals surface area contributed by atoms with E-state index < -0.39 is 0 Å². The Hall–Kier alpha value is -1.29. The quantitative estimate of drug-likeness (QED) is 0.931. The van der Waals surface area contributed by atoms with Crippen LogP contribution in [-0.4, -0.2) is 35.4 Å². The molecule has 0 saturated carbocycles. The summed E-state index contributed by atoms with van der Waals surface area (Å²) in [6.07, 6.45) is 1.17. The van der Waals surface area contributed by atoms with Crippen molar-refractivity contribution in [2.24, 2.45) is 11.8 Å². The third-order valence-corrected chi connectivity index (χ3v) is 3.87. The second kappa shape index (κ2) is 6.44. The SMILES string of the molecule is CCNc1ccc(Cl)c(C(=O)N2CC(C)CC(C)C2)n1. The van der Waals surface area contributed by atoms with Gasteiger partial charge in [0.05, 0.1) is 5.02 Å². The number of aromatic nitrogens is 1. The van der Waals surface area contributed by atoms with Gasteiger partial charge in [-0.1, -0.05) is 25.4 Å². The third kappa shape index (κ3) is 3.42. The Bertz CT molecular complexity index is 482. The van der Waals surface area contributed by atoms with Crippen LogP contribution in [0.4, 0.5) is 5.82 Å². The van der Waals surface area contributed by atoms with E-state index in [-0.39, 0.29) is 5.91 Å².